The molecule has 5 nitrogen and oxygen atoms in total. The average molecular weight is 269 g/mol. The summed E-state index contributed by atoms with van der Waals surface area (Å²) in [6.45, 7) is 6.71. The van der Waals surface area contributed by atoms with E-state index < -0.39 is 0 Å². The number of nitrogens with zero attached hydrogens (tertiary/aromatic N) is 3. The molecule has 19 heavy (non-hydrogen) atoms. The van der Waals surface area contributed by atoms with Gasteiger partial charge in [0, 0.05) is 33.7 Å². The van der Waals surface area contributed by atoms with E-state index >= 15 is 0 Å². The van der Waals surface area contributed by atoms with E-state index in [-0.39, 0.29) is 18.5 Å². The standard InChI is InChI=1S/C14H27N3O2/c1-5-8-17(11-13(18)15(3)4)14(19)16-9-6-12(2)7-10-16/h12H,5-11H2,1-4H3. The summed E-state index contributed by atoms with van der Waals surface area (Å²) >= 11 is 0. The molecule has 0 unspecified atom stereocenters. The number of rotatable bonds is 4. The van der Waals surface area contributed by atoms with Crippen molar-refractivity contribution < 1.29 is 9.59 Å². The Kier molecular flexibility index (Phi) is 6.12. The second-order valence-electron chi connectivity index (χ2n) is 5.66. The summed E-state index contributed by atoms with van der Waals surface area (Å²) in [5, 5.41) is 0. The zero-order chi connectivity index (χ0) is 14.4. The van der Waals surface area contributed by atoms with E-state index in [2.05, 4.69) is 6.92 Å². The minimum Gasteiger partial charge on any atom is -0.347 e. The van der Waals surface area contributed by atoms with Gasteiger partial charge in [0.2, 0.25) is 5.91 Å². The van der Waals surface area contributed by atoms with E-state index in [1.165, 1.54) is 4.90 Å². The summed E-state index contributed by atoms with van der Waals surface area (Å²) in [5.41, 5.74) is 0. The van der Waals surface area contributed by atoms with Crippen LogP contribution in [-0.4, -0.2) is 66.9 Å². The molecule has 1 aliphatic rings. The Balaban J connectivity index is 2.59. The van der Waals surface area contributed by atoms with E-state index in [9.17, 15) is 9.59 Å². The van der Waals surface area contributed by atoms with Crippen LogP contribution in [0.3, 0.4) is 0 Å². The van der Waals surface area contributed by atoms with Crippen molar-refractivity contribution >= 4 is 11.9 Å². The van der Waals surface area contributed by atoms with Crippen LogP contribution < -0.4 is 0 Å². The molecule has 0 aromatic rings. The third-order valence-corrected chi connectivity index (χ3v) is 3.64. The Morgan fingerprint density at radius 2 is 1.79 bits per heavy atom. The number of hydrogen-bond acceptors (Lipinski definition) is 2. The van der Waals surface area contributed by atoms with Crippen LogP contribution >= 0.6 is 0 Å². The fourth-order valence-electron chi connectivity index (χ4n) is 2.22. The first-order chi connectivity index (χ1) is 8.95. The number of carbonyl (C=O) groups excluding carboxylic acids is 2. The van der Waals surface area contributed by atoms with Crippen molar-refractivity contribution in [3.63, 3.8) is 0 Å². The van der Waals surface area contributed by atoms with E-state index in [4.69, 9.17) is 0 Å². The van der Waals surface area contributed by atoms with E-state index in [1.807, 2.05) is 11.8 Å². The van der Waals surface area contributed by atoms with Crippen molar-refractivity contribution in [1.82, 2.24) is 14.7 Å². The monoisotopic (exact) mass is 269 g/mol. The second kappa shape index (κ2) is 7.36. The van der Waals surface area contributed by atoms with Crippen LogP contribution in [0.2, 0.25) is 0 Å². The number of carbonyl (C=O) groups is 2. The summed E-state index contributed by atoms with van der Waals surface area (Å²) in [6.07, 6.45) is 3.00. The number of hydrogen-bond donors (Lipinski definition) is 0. The molecule has 0 bridgehead atoms. The van der Waals surface area contributed by atoms with E-state index in [1.54, 1.807) is 19.0 Å². The quantitative estimate of drug-likeness (QED) is 0.778. The summed E-state index contributed by atoms with van der Waals surface area (Å²) < 4.78 is 0. The highest BCUT2D eigenvalue weighted by Crippen LogP contribution is 2.17. The van der Waals surface area contributed by atoms with Gasteiger partial charge in [0.25, 0.3) is 0 Å². The average Bonchev–Trinajstić information content (AvgIpc) is 2.38. The highest BCUT2D eigenvalue weighted by molar-refractivity contribution is 5.83. The molecule has 0 aromatic heterocycles. The fourth-order valence-corrected chi connectivity index (χ4v) is 2.22. The van der Waals surface area contributed by atoms with Crippen molar-refractivity contribution in [1.29, 1.82) is 0 Å². The maximum Gasteiger partial charge on any atom is 0.320 e. The van der Waals surface area contributed by atoms with E-state index in [0.717, 1.165) is 32.4 Å². The van der Waals surface area contributed by atoms with Gasteiger partial charge in [0.1, 0.15) is 6.54 Å². The third-order valence-electron chi connectivity index (χ3n) is 3.64. The van der Waals surface area contributed by atoms with Gasteiger partial charge < -0.3 is 14.7 Å². The number of likely N-dealkylation sites (N-methyl/N-ethyl adjacent to an activating group) is 1. The molecular weight excluding hydrogens is 242 g/mol. The smallest absolute Gasteiger partial charge is 0.320 e. The van der Waals surface area contributed by atoms with Crippen LogP contribution in [0, 0.1) is 5.92 Å². The largest absolute Gasteiger partial charge is 0.347 e. The lowest BCUT2D eigenvalue weighted by molar-refractivity contribution is -0.129. The molecule has 0 aliphatic carbocycles. The first kappa shape index (κ1) is 15.8. The second-order valence-corrected chi connectivity index (χ2v) is 5.66. The maximum absolute atomic E-state index is 12.4. The van der Waals surface area contributed by atoms with Gasteiger partial charge in [-0.2, -0.15) is 0 Å². The lowest BCUT2D eigenvalue weighted by atomic mass is 9.99. The molecule has 0 spiro atoms. The molecule has 0 atom stereocenters. The maximum atomic E-state index is 12.4. The predicted octanol–water partition coefficient (Wildman–Crippen LogP) is 1.64. The minimum absolute atomic E-state index is 0.0175. The highest BCUT2D eigenvalue weighted by atomic mass is 16.2. The van der Waals surface area contributed by atoms with Crippen LogP contribution in [0.4, 0.5) is 4.79 Å². The van der Waals surface area contributed by atoms with Crippen LogP contribution in [0.25, 0.3) is 0 Å². The Morgan fingerprint density at radius 1 is 1.21 bits per heavy atom. The molecule has 0 saturated carbocycles. The van der Waals surface area contributed by atoms with Crippen molar-refractivity contribution in [3.8, 4) is 0 Å². The van der Waals surface area contributed by atoms with Gasteiger partial charge in [-0.25, -0.2) is 4.79 Å². The van der Waals surface area contributed by atoms with Crippen LogP contribution in [0.5, 0.6) is 0 Å². The van der Waals surface area contributed by atoms with Crippen LogP contribution in [0.1, 0.15) is 33.1 Å². The molecule has 0 N–H and O–H groups in total. The molecule has 1 rings (SSSR count). The Morgan fingerprint density at radius 3 is 2.26 bits per heavy atom. The highest BCUT2D eigenvalue weighted by Gasteiger charge is 2.25. The summed E-state index contributed by atoms with van der Waals surface area (Å²) in [4.78, 5) is 29.3. The molecule has 1 aliphatic heterocycles. The van der Waals surface area contributed by atoms with Crippen molar-refractivity contribution in [3.05, 3.63) is 0 Å². The SMILES string of the molecule is CCCN(CC(=O)N(C)C)C(=O)N1CCC(C)CC1. The number of likely N-dealkylation sites (tertiary alicyclic amines) is 1. The fraction of sp³-hybridized carbons (Fsp3) is 0.857. The van der Waals surface area contributed by atoms with Gasteiger partial charge in [0.05, 0.1) is 0 Å². The van der Waals surface area contributed by atoms with Gasteiger partial charge in [-0.3, -0.25) is 4.79 Å². The minimum atomic E-state index is -0.0211. The third kappa shape index (κ3) is 4.73. The van der Waals surface area contributed by atoms with Crippen LogP contribution in [0.15, 0.2) is 0 Å². The molecule has 1 heterocycles. The molecule has 3 amide bonds. The Hall–Kier alpha value is -1.26. The first-order valence-corrected chi connectivity index (χ1v) is 7.19. The first-order valence-electron chi connectivity index (χ1n) is 7.19. The van der Waals surface area contributed by atoms with Gasteiger partial charge in [-0.05, 0) is 25.2 Å². The van der Waals surface area contributed by atoms with Crippen molar-refractivity contribution in [2.75, 3.05) is 40.3 Å². The van der Waals surface area contributed by atoms with Gasteiger partial charge in [-0.15, -0.1) is 0 Å². The van der Waals surface area contributed by atoms with Crippen molar-refractivity contribution in [2.45, 2.75) is 33.1 Å². The molecular formula is C14H27N3O2. The Labute approximate surface area is 116 Å². The molecule has 5 heteroatoms. The zero-order valence-corrected chi connectivity index (χ0v) is 12.7. The topological polar surface area (TPSA) is 43.9 Å². The number of piperidine rings is 1. The van der Waals surface area contributed by atoms with Gasteiger partial charge in [0.15, 0.2) is 0 Å². The number of amides is 3. The Bertz CT molecular complexity index is 310. The lowest BCUT2D eigenvalue weighted by Gasteiger charge is -2.35. The van der Waals surface area contributed by atoms with E-state index in [0.29, 0.717) is 12.5 Å². The van der Waals surface area contributed by atoms with Crippen LogP contribution in [-0.2, 0) is 4.79 Å². The lowest BCUT2D eigenvalue weighted by Crippen LogP contribution is -2.49. The molecule has 1 saturated heterocycles. The zero-order valence-electron chi connectivity index (χ0n) is 12.7. The van der Waals surface area contributed by atoms with Crippen molar-refractivity contribution in [2.24, 2.45) is 5.92 Å². The normalized spacial score (nSPS) is 16.3. The summed E-state index contributed by atoms with van der Waals surface area (Å²) in [5.74, 6) is 0.680. The number of urea groups is 1. The van der Waals surface area contributed by atoms with Gasteiger partial charge in [-0.1, -0.05) is 13.8 Å². The summed E-state index contributed by atoms with van der Waals surface area (Å²) in [6, 6.07) is 0.0175. The molecule has 110 valence electrons. The molecule has 1 fully saturated rings. The molecule has 0 aromatic carbocycles. The summed E-state index contributed by atoms with van der Waals surface area (Å²) in [7, 11) is 3.44. The van der Waals surface area contributed by atoms with Gasteiger partial charge >= 0.3 is 6.03 Å². The predicted molar refractivity (Wildman–Crippen MR) is 75.9 cm³/mol. The molecule has 0 radical (unpaired) electrons.